The Morgan fingerprint density at radius 1 is 1.71 bits per heavy atom. The average molecular weight is 194 g/mol. The third-order valence-electron chi connectivity index (χ3n) is 2.53. The monoisotopic (exact) mass is 194 g/mol. The number of hydrogen-bond acceptors (Lipinski definition) is 3. The largest absolute Gasteiger partial charge is 0.399 e. The SMILES string of the molecule is CCC(=O)C1C(C)=CC(N)=CCN1C. The van der Waals surface area contributed by atoms with Crippen LogP contribution in [0.15, 0.2) is 23.4 Å². The molecule has 0 bridgehead atoms. The molecule has 1 aliphatic heterocycles. The summed E-state index contributed by atoms with van der Waals surface area (Å²) in [7, 11) is 1.95. The van der Waals surface area contributed by atoms with Crippen molar-refractivity contribution < 1.29 is 4.79 Å². The molecule has 0 aromatic carbocycles. The second-order valence-electron chi connectivity index (χ2n) is 3.75. The molecular weight excluding hydrogens is 176 g/mol. The van der Waals surface area contributed by atoms with Crippen molar-refractivity contribution >= 4 is 5.78 Å². The Morgan fingerprint density at radius 3 is 2.93 bits per heavy atom. The van der Waals surface area contributed by atoms with Gasteiger partial charge in [-0.1, -0.05) is 6.92 Å². The van der Waals surface area contributed by atoms with E-state index in [-0.39, 0.29) is 11.8 Å². The van der Waals surface area contributed by atoms with Crippen LogP contribution in [0, 0.1) is 0 Å². The topological polar surface area (TPSA) is 46.3 Å². The van der Waals surface area contributed by atoms with E-state index < -0.39 is 0 Å². The van der Waals surface area contributed by atoms with Crippen LogP contribution in [0.3, 0.4) is 0 Å². The first-order valence-electron chi connectivity index (χ1n) is 4.93. The van der Waals surface area contributed by atoms with Crippen molar-refractivity contribution in [3.8, 4) is 0 Å². The molecule has 1 atom stereocenters. The van der Waals surface area contributed by atoms with Gasteiger partial charge in [0.1, 0.15) is 0 Å². The molecule has 3 heteroatoms. The van der Waals surface area contributed by atoms with Crippen molar-refractivity contribution in [2.75, 3.05) is 13.6 Å². The summed E-state index contributed by atoms with van der Waals surface area (Å²) >= 11 is 0. The number of Topliss-reactive ketones (excluding diaryl/α,β-unsaturated/α-hetero) is 1. The van der Waals surface area contributed by atoms with Crippen molar-refractivity contribution in [3.05, 3.63) is 23.4 Å². The Kier molecular flexibility index (Phi) is 3.47. The van der Waals surface area contributed by atoms with Crippen LogP contribution in [0.4, 0.5) is 0 Å². The van der Waals surface area contributed by atoms with Crippen molar-refractivity contribution in [2.45, 2.75) is 26.3 Å². The first kappa shape index (κ1) is 11.0. The molecule has 2 N–H and O–H groups in total. The molecule has 3 nitrogen and oxygen atoms in total. The minimum Gasteiger partial charge on any atom is -0.399 e. The Labute approximate surface area is 85.3 Å². The maximum atomic E-state index is 11.7. The molecule has 0 aliphatic carbocycles. The van der Waals surface area contributed by atoms with Crippen LogP contribution in [0.5, 0.6) is 0 Å². The normalized spacial score (nSPS) is 23.8. The maximum Gasteiger partial charge on any atom is 0.153 e. The number of rotatable bonds is 2. The third kappa shape index (κ3) is 2.23. The first-order valence-corrected chi connectivity index (χ1v) is 4.93. The smallest absolute Gasteiger partial charge is 0.153 e. The predicted molar refractivity (Wildman–Crippen MR) is 57.7 cm³/mol. The molecule has 0 fully saturated rings. The summed E-state index contributed by atoms with van der Waals surface area (Å²) in [6.45, 7) is 4.59. The van der Waals surface area contributed by atoms with Crippen LogP contribution in [0.25, 0.3) is 0 Å². The fourth-order valence-corrected chi connectivity index (χ4v) is 1.80. The fraction of sp³-hybridized carbons (Fsp3) is 0.545. The number of nitrogens with two attached hydrogens (primary N) is 1. The number of likely N-dealkylation sites (N-methyl/N-ethyl adjacent to an activating group) is 1. The van der Waals surface area contributed by atoms with Gasteiger partial charge in [0.15, 0.2) is 5.78 Å². The molecule has 0 radical (unpaired) electrons. The van der Waals surface area contributed by atoms with Crippen molar-refractivity contribution in [2.24, 2.45) is 5.73 Å². The number of hydrogen-bond donors (Lipinski definition) is 1. The number of ketones is 1. The van der Waals surface area contributed by atoms with Crippen LogP contribution >= 0.6 is 0 Å². The lowest BCUT2D eigenvalue weighted by atomic mass is 10.0. The molecule has 0 saturated carbocycles. The summed E-state index contributed by atoms with van der Waals surface area (Å²) in [5.74, 6) is 0.254. The van der Waals surface area contributed by atoms with E-state index in [2.05, 4.69) is 0 Å². The summed E-state index contributed by atoms with van der Waals surface area (Å²) in [6.07, 6.45) is 4.40. The van der Waals surface area contributed by atoms with Gasteiger partial charge in [0, 0.05) is 18.7 Å². The van der Waals surface area contributed by atoms with Crippen molar-refractivity contribution in [3.63, 3.8) is 0 Å². The highest BCUT2D eigenvalue weighted by Gasteiger charge is 2.24. The van der Waals surface area contributed by atoms with E-state index in [0.717, 1.165) is 17.8 Å². The van der Waals surface area contributed by atoms with E-state index in [1.165, 1.54) is 0 Å². The molecule has 0 aromatic rings. The van der Waals surface area contributed by atoms with E-state index in [9.17, 15) is 4.79 Å². The summed E-state index contributed by atoms with van der Waals surface area (Å²) < 4.78 is 0. The van der Waals surface area contributed by atoms with Crippen molar-refractivity contribution in [1.82, 2.24) is 4.90 Å². The van der Waals surface area contributed by atoms with E-state index in [1.54, 1.807) is 0 Å². The molecule has 0 spiro atoms. The van der Waals surface area contributed by atoms with E-state index in [0.29, 0.717) is 6.42 Å². The standard InChI is InChI=1S/C11H18N2O/c1-4-10(14)11-8(2)7-9(12)5-6-13(11)3/h5,7,11H,4,6,12H2,1-3H3. The summed E-state index contributed by atoms with van der Waals surface area (Å²) in [5.41, 5.74) is 7.52. The Balaban J connectivity index is 2.94. The minimum atomic E-state index is -0.0997. The van der Waals surface area contributed by atoms with E-state index in [4.69, 9.17) is 5.73 Å². The molecule has 1 aliphatic rings. The van der Waals surface area contributed by atoms with Gasteiger partial charge in [-0.2, -0.15) is 0 Å². The van der Waals surface area contributed by atoms with Gasteiger partial charge in [0.25, 0.3) is 0 Å². The molecule has 0 aromatic heterocycles. The number of carbonyl (C=O) groups excluding carboxylic acids is 1. The summed E-state index contributed by atoms with van der Waals surface area (Å²) in [6, 6.07) is -0.0997. The molecule has 78 valence electrons. The number of nitrogens with zero attached hydrogens (tertiary/aromatic N) is 1. The second kappa shape index (κ2) is 4.42. The van der Waals surface area contributed by atoms with Crippen LogP contribution in [-0.2, 0) is 4.79 Å². The quantitative estimate of drug-likeness (QED) is 0.715. The lowest BCUT2D eigenvalue weighted by Gasteiger charge is -2.24. The average Bonchev–Trinajstić information content (AvgIpc) is 2.25. The fourth-order valence-electron chi connectivity index (χ4n) is 1.80. The van der Waals surface area contributed by atoms with Gasteiger partial charge in [-0.3, -0.25) is 9.69 Å². The number of allylic oxidation sites excluding steroid dienone is 1. The zero-order valence-corrected chi connectivity index (χ0v) is 9.08. The molecular formula is C11H18N2O. The van der Waals surface area contributed by atoms with Gasteiger partial charge in [0.2, 0.25) is 0 Å². The third-order valence-corrected chi connectivity index (χ3v) is 2.53. The van der Waals surface area contributed by atoms with Gasteiger partial charge in [-0.25, -0.2) is 0 Å². The molecule has 1 heterocycles. The predicted octanol–water partition coefficient (Wildman–Crippen LogP) is 1.07. The zero-order chi connectivity index (χ0) is 10.7. The van der Waals surface area contributed by atoms with Gasteiger partial charge in [0.05, 0.1) is 6.04 Å². The number of carbonyl (C=O) groups is 1. The zero-order valence-electron chi connectivity index (χ0n) is 9.08. The lowest BCUT2D eigenvalue weighted by Crippen LogP contribution is -2.38. The van der Waals surface area contributed by atoms with Gasteiger partial charge in [-0.15, -0.1) is 0 Å². The molecule has 0 saturated heterocycles. The van der Waals surface area contributed by atoms with Crippen LogP contribution in [0.1, 0.15) is 20.3 Å². The van der Waals surface area contributed by atoms with Gasteiger partial charge < -0.3 is 5.73 Å². The highest BCUT2D eigenvalue weighted by atomic mass is 16.1. The van der Waals surface area contributed by atoms with Gasteiger partial charge >= 0.3 is 0 Å². The van der Waals surface area contributed by atoms with Gasteiger partial charge in [-0.05, 0) is 31.7 Å². The van der Waals surface area contributed by atoms with Crippen molar-refractivity contribution in [1.29, 1.82) is 0 Å². The Bertz CT molecular complexity index is 292. The van der Waals surface area contributed by atoms with Crippen LogP contribution in [-0.4, -0.2) is 30.3 Å². The van der Waals surface area contributed by atoms with E-state index in [1.807, 2.05) is 37.9 Å². The highest BCUT2D eigenvalue weighted by molar-refractivity contribution is 5.86. The molecule has 1 rings (SSSR count). The highest BCUT2D eigenvalue weighted by Crippen LogP contribution is 2.16. The lowest BCUT2D eigenvalue weighted by molar-refractivity contribution is -0.122. The van der Waals surface area contributed by atoms with Crippen LogP contribution < -0.4 is 5.73 Å². The Morgan fingerprint density at radius 2 is 2.36 bits per heavy atom. The molecule has 0 amide bonds. The minimum absolute atomic E-state index is 0.0997. The van der Waals surface area contributed by atoms with Crippen LogP contribution in [0.2, 0.25) is 0 Å². The molecule has 1 unspecified atom stereocenters. The first-order chi connectivity index (χ1) is 6.56. The van der Waals surface area contributed by atoms with E-state index >= 15 is 0 Å². The second-order valence-corrected chi connectivity index (χ2v) is 3.75. The summed E-state index contributed by atoms with van der Waals surface area (Å²) in [5, 5.41) is 0. The summed E-state index contributed by atoms with van der Waals surface area (Å²) in [4.78, 5) is 13.7. The molecule has 14 heavy (non-hydrogen) atoms. The maximum absolute atomic E-state index is 11.7. The Hall–Kier alpha value is -1.09.